The van der Waals surface area contributed by atoms with E-state index in [1.807, 2.05) is 0 Å². The first-order valence-electron chi connectivity index (χ1n) is 11.6. The highest BCUT2D eigenvalue weighted by atomic mass is 127. The van der Waals surface area contributed by atoms with Crippen LogP contribution in [0.3, 0.4) is 0 Å². The maximum absolute atomic E-state index is 9.32. The van der Waals surface area contributed by atoms with E-state index in [1.54, 1.807) is 0 Å². The summed E-state index contributed by atoms with van der Waals surface area (Å²) in [6, 6.07) is 17.5. The van der Waals surface area contributed by atoms with Crippen LogP contribution in [0, 0.1) is 12.8 Å². The van der Waals surface area contributed by atoms with E-state index in [2.05, 4.69) is 84.8 Å². The molecule has 0 radical (unpaired) electrons. The van der Waals surface area contributed by atoms with Gasteiger partial charge in [-0.15, -0.1) is 24.0 Å². The number of rotatable bonds is 8. The minimum absolute atomic E-state index is 0. The van der Waals surface area contributed by atoms with Gasteiger partial charge in [0.1, 0.15) is 0 Å². The summed E-state index contributed by atoms with van der Waals surface area (Å²) in [6.45, 7) is 11.2. The van der Waals surface area contributed by atoms with Gasteiger partial charge in [0.15, 0.2) is 5.96 Å². The zero-order chi connectivity index (χ0) is 22.1. The molecule has 1 heterocycles. The minimum Gasteiger partial charge on any atom is -0.396 e. The van der Waals surface area contributed by atoms with E-state index in [-0.39, 0.29) is 24.0 Å². The summed E-state index contributed by atoms with van der Waals surface area (Å²) >= 11 is 0. The third kappa shape index (κ3) is 7.96. The van der Waals surface area contributed by atoms with Crippen LogP contribution in [0.15, 0.2) is 53.5 Å². The van der Waals surface area contributed by atoms with Crippen LogP contribution in [0.5, 0.6) is 0 Å². The Morgan fingerprint density at radius 1 is 1.12 bits per heavy atom. The Labute approximate surface area is 210 Å². The number of hydrogen-bond acceptors (Lipinski definition) is 3. The van der Waals surface area contributed by atoms with E-state index < -0.39 is 0 Å². The average molecular weight is 551 g/mol. The molecule has 0 aliphatic carbocycles. The van der Waals surface area contributed by atoms with Gasteiger partial charge in [0, 0.05) is 38.5 Å². The Morgan fingerprint density at radius 2 is 1.84 bits per heavy atom. The summed E-state index contributed by atoms with van der Waals surface area (Å²) in [5, 5.41) is 16.2. The molecule has 176 valence electrons. The molecule has 5 nitrogen and oxygen atoms in total. The van der Waals surface area contributed by atoms with Crippen molar-refractivity contribution >= 4 is 35.6 Å². The lowest BCUT2D eigenvalue weighted by Gasteiger charge is -2.32. The topological polar surface area (TPSA) is 59.9 Å². The van der Waals surface area contributed by atoms with Crippen molar-refractivity contribution in [2.45, 2.75) is 46.1 Å². The Kier molecular flexibility index (Phi) is 11.3. The average Bonchev–Trinajstić information content (AvgIpc) is 2.81. The number of guanidine groups is 1. The molecular weight excluding hydrogens is 511 g/mol. The van der Waals surface area contributed by atoms with E-state index in [9.17, 15) is 5.11 Å². The van der Waals surface area contributed by atoms with Crippen molar-refractivity contribution < 1.29 is 5.11 Å². The molecule has 0 spiro atoms. The first-order chi connectivity index (χ1) is 15.1. The summed E-state index contributed by atoms with van der Waals surface area (Å²) in [4.78, 5) is 7.20. The Morgan fingerprint density at radius 3 is 2.47 bits per heavy atom. The number of aliphatic hydroxyl groups excluding tert-OH is 1. The van der Waals surface area contributed by atoms with Crippen molar-refractivity contribution in [2.24, 2.45) is 10.9 Å². The lowest BCUT2D eigenvalue weighted by molar-refractivity contribution is 0.203. The fourth-order valence-corrected chi connectivity index (χ4v) is 4.04. The largest absolute Gasteiger partial charge is 0.396 e. The minimum atomic E-state index is 0. The van der Waals surface area contributed by atoms with Crippen molar-refractivity contribution in [3.63, 3.8) is 0 Å². The first-order valence-corrected chi connectivity index (χ1v) is 11.6. The quantitative estimate of drug-likeness (QED) is 0.254. The third-order valence-electron chi connectivity index (χ3n) is 6.13. The van der Waals surface area contributed by atoms with Gasteiger partial charge < -0.3 is 20.6 Å². The van der Waals surface area contributed by atoms with Gasteiger partial charge in [-0.2, -0.15) is 0 Å². The van der Waals surface area contributed by atoms with Crippen LogP contribution >= 0.6 is 24.0 Å². The van der Waals surface area contributed by atoms with Gasteiger partial charge in [0.25, 0.3) is 0 Å². The second kappa shape index (κ2) is 13.7. The molecule has 2 aromatic carbocycles. The normalized spacial score (nSPS) is 15.8. The standard InChI is InChI=1S/C26H38N4O.HI/c1-4-27-26(28-17-21(3)24-7-5-6-20(2)16-24)29-18-22-8-10-25(11-9-22)30-14-12-23(19-31)13-15-30;/h5-11,16,21,23,31H,4,12-15,17-19H2,1-3H3,(H2,27,28,29);1H. The molecule has 0 amide bonds. The molecule has 6 heteroatoms. The lowest BCUT2D eigenvalue weighted by Crippen LogP contribution is -2.39. The molecule has 1 fully saturated rings. The summed E-state index contributed by atoms with van der Waals surface area (Å²) in [7, 11) is 0. The summed E-state index contributed by atoms with van der Waals surface area (Å²) < 4.78 is 0. The second-order valence-corrected chi connectivity index (χ2v) is 8.67. The SMILES string of the molecule is CCNC(=NCc1ccc(N2CCC(CO)CC2)cc1)NCC(C)c1cccc(C)c1.I. The van der Waals surface area contributed by atoms with Crippen LogP contribution in [-0.2, 0) is 6.54 Å². The predicted molar refractivity (Wildman–Crippen MR) is 146 cm³/mol. The number of benzene rings is 2. The molecule has 1 aliphatic rings. The van der Waals surface area contributed by atoms with Crippen LogP contribution in [0.1, 0.15) is 49.3 Å². The second-order valence-electron chi connectivity index (χ2n) is 8.67. The molecule has 2 aromatic rings. The first kappa shape index (κ1) is 26.5. The summed E-state index contributed by atoms with van der Waals surface area (Å²) in [5.74, 6) is 1.74. The zero-order valence-electron chi connectivity index (χ0n) is 19.7. The molecule has 0 saturated carbocycles. The van der Waals surface area contributed by atoms with Crippen molar-refractivity contribution in [3.05, 3.63) is 65.2 Å². The number of nitrogens with one attached hydrogen (secondary N) is 2. The smallest absolute Gasteiger partial charge is 0.191 e. The van der Waals surface area contributed by atoms with E-state index in [0.717, 1.165) is 45.0 Å². The number of aryl methyl sites for hydroxylation is 1. The van der Waals surface area contributed by atoms with E-state index in [4.69, 9.17) is 4.99 Å². The number of anilines is 1. The van der Waals surface area contributed by atoms with Gasteiger partial charge in [-0.05, 0) is 61.8 Å². The molecule has 3 N–H and O–H groups in total. The number of halogens is 1. The monoisotopic (exact) mass is 550 g/mol. The lowest BCUT2D eigenvalue weighted by atomic mass is 9.97. The van der Waals surface area contributed by atoms with Gasteiger partial charge in [-0.1, -0.05) is 48.9 Å². The molecule has 1 saturated heterocycles. The number of aliphatic hydroxyl groups is 1. The number of piperidine rings is 1. The Balaban J connectivity index is 0.00000363. The van der Waals surface area contributed by atoms with Crippen LogP contribution in [0.25, 0.3) is 0 Å². The fraction of sp³-hybridized carbons (Fsp3) is 0.500. The van der Waals surface area contributed by atoms with E-state index in [0.29, 0.717) is 25.0 Å². The van der Waals surface area contributed by atoms with Crippen LogP contribution in [0.2, 0.25) is 0 Å². The summed E-state index contributed by atoms with van der Waals surface area (Å²) in [5.41, 5.74) is 5.12. The molecule has 32 heavy (non-hydrogen) atoms. The fourth-order valence-electron chi connectivity index (χ4n) is 4.04. The summed E-state index contributed by atoms with van der Waals surface area (Å²) in [6.07, 6.45) is 2.14. The maximum Gasteiger partial charge on any atom is 0.191 e. The van der Waals surface area contributed by atoms with Crippen LogP contribution in [0.4, 0.5) is 5.69 Å². The van der Waals surface area contributed by atoms with E-state index >= 15 is 0 Å². The van der Waals surface area contributed by atoms with E-state index in [1.165, 1.54) is 22.4 Å². The highest BCUT2D eigenvalue weighted by Gasteiger charge is 2.18. The Hall–Kier alpha value is -1.80. The molecule has 0 bridgehead atoms. The molecule has 1 atom stereocenters. The molecule has 1 unspecified atom stereocenters. The molecular formula is C26H39IN4O. The predicted octanol–water partition coefficient (Wildman–Crippen LogP) is 4.68. The van der Waals surface area contributed by atoms with Crippen molar-refractivity contribution in [2.75, 3.05) is 37.7 Å². The van der Waals surface area contributed by atoms with Crippen molar-refractivity contribution in [3.8, 4) is 0 Å². The maximum atomic E-state index is 9.32. The van der Waals surface area contributed by atoms with Crippen molar-refractivity contribution in [1.82, 2.24) is 10.6 Å². The van der Waals surface area contributed by atoms with Gasteiger partial charge in [-0.25, -0.2) is 4.99 Å². The molecule has 3 rings (SSSR count). The third-order valence-corrected chi connectivity index (χ3v) is 6.13. The van der Waals surface area contributed by atoms with Gasteiger partial charge in [0.05, 0.1) is 6.54 Å². The van der Waals surface area contributed by atoms with Gasteiger partial charge in [0.2, 0.25) is 0 Å². The highest BCUT2D eigenvalue weighted by molar-refractivity contribution is 14.0. The molecule has 0 aromatic heterocycles. The van der Waals surface area contributed by atoms with Crippen LogP contribution < -0.4 is 15.5 Å². The van der Waals surface area contributed by atoms with Gasteiger partial charge >= 0.3 is 0 Å². The number of nitrogens with zero attached hydrogens (tertiary/aromatic N) is 2. The van der Waals surface area contributed by atoms with Crippen LogP contribution in [-0.4, -0.2) is 43.9 Å². The molecule has 1 aliphatic heterocycles. The number of hydrogen-bond donors (Lipinski definition) is 3. The number of aliphatic imine (C=N–C) groups is 1. The van der Waals surface area contributed by atoms with Gasteiger partial charge in [-0.3, -0.25) is 0 Å². The Bertz CT molecular complexity index is 832. The van der Waals surface area contributed by atoms with Crippen molar-refractivity contribution in [1.29, 1.82) is 0 Å². The highest BCUT2D eigenvalue weighted by Crippen LogP contribution is 2.23. The zero-order valence-corrected chi connectivity index (χ0v) is 22.0.